The van der Waals surface area contributed by atoms with Gasteiger partial charge in [-0.1, -0.05) is 12.1 Å². The van der Waals surface area contributed by atoms with Crippen LogP contribution in [0.2, 0.25) is 0 Å². The highest BCUT2D eigenvalue weighted by atomic mass is 19.1. The number of halogens is 2. The summed E-state index contributed by atoms with van der Waals surface area (Å²) in [6.07, 6.45) is 4.13. The monoisotopic (exact) mass is 870 g/mol. The van der Waals surface area contributed by atoms with Crippen molar-refractivity contribution in [3.05, 3.63) is 118 Å². The van der Waals surface area contributed by atoms with Crippen molar-refractivity contribution in [2.45, 2.75) is 62.9 Å². The fourth-order valence-electron chi connectivity index (χ4n) is 9.95. The molecule has 0 saturated carbocycles. The summed E-state index contributed by atoms with van der Waals surface area (Å²) in [4.78, 5) is 70.4. The van der Waals surface area contributed by atoms with Gasteiger partial charge in [-0.15, -0.1) is 0 Å². The number of rotatable bonds is 11. The first-order chi connectivity index (χ1) is 31.0. The smallest absolute Gasteiger partial charge is 0.262 e. The van der Waals surface area contributed by atoms with E-state index >= 15 is 0 Å². The third kappa shape index (κ3) is 8.34. The summed E-state index contributed by atoms with van der Waals surface area (Å²) in [6, 6.07) is 19.6. The lowest BCUT2D eigenvalue weighted by Crippen LogP contribution is -2.54. The Bertz CT molecular complexity index is 2670. The van der Waals surface area contributed by atoms with Gasteiger partial charge in [0.25, 0.3) is 17.7 Å². The van der Waals surface area contributed by atoms with Crippen LogP contribution >= 0.6 is 0 Å². The number of hydrogen-bond acceptors (Lipinski definition) is 10. The second kappa shape index (κ2) is 17.2. The standard InChI is InChI=1S/C48H48F2N8O6/c49-32-18-28(19-33(50)22-32)17-27-1-6-40-39(20-27)44(55-54-40)53-45(60)37-4-2-31(21-41(37)51-34-11-15-64-16-12-34)30-9-13-56(14-10-30)24-29-25-57(26-29)35-3-5-36-38(23-35)48(63)58(47(36)62)42-7-8-43(59)52-46(42)61/h1-6,18-23,29-30,34,42,51H,7-17,24-26H2,(H,52,59,61)(H2,53,54,55,60). The Balaban J connectivity index is 0.765. The van der Waals surface area contributed by atoms with Gasteiger partial charge in [-0.25, -0.2) is 8.78 Å². The summed E-state index contributed by atoms with van der Waals surface area (Å²) in [5.74, 6) is -2.45. The summed E-state index contributed by atoms with van der Waals surface area (Å²) >= 11 is 0. The molecule has 0 bridgehead atoms. The van der Waals surface area contributed by atoms with Crippen LogP contribution in [0.4, 0.5) is 26.0 Å². The van der Waals surface area contributed by atoms with Crippen LogP contribution in [0.1, 0.15) is 92.2 Å². The number of hydrogen-bond donors (Lipinski definition) is 4. The summed E-state index contributed by atoms with van der Waals surface area (Å²) in [5, 5.41) is 17.0. The molecule has 0 radical (unpaired) electrons. The van der Waals surface area contributed by atoms with Crippen molar-refractivity contribution in [2.24, 2.45) is 5.92 Å². The van der Waals surface area contributed by atoms with E-state index in [0.717, 1.165) is 91.8 Å². The first kappa shape index (κ1) is 41.5. The third-order valence-corrected chi connectivity index (χ3v) is 13.4. The highest BCUT2D eigenvalue weighted by Crippen LogP contribution is 2.36. The Kier molecular flexibility index (Phi) is 11.2. The summed E-state index contributed by atoms with van der Waals surface area (Å²) in [5.41, 5.74) is 5.94. The van der Waals surface area contributed by atoms with Crippen molar-refractivity contribution in [2.75, 3.05) is 61.5 Å². The molecule has 6 heterocycles. The van der Waals surface area contributed by atoms with Gasteiger partial charge in [-0.05, 0) is 129 Å². The number of likely N-dealkylation sites (tertiary alicyclic amines) is 1. The molecule has 1 aromatic heterocycles. The van der Waals surface area contributed by atoms with Crippen LogP contribution in [0.5, 0.6) is 0 Å². The lowest BCUT2D eigenvalue weighted by atomic mass is 9.87. The molecule has 5 aliphatic heterocycles. The molecule has 4 fully saturated rings. The van der Waals surface area contributed by atoms with Crippen LogP contribution in [-0.4, -0.2) is 108 Å². The van der Waals surface area contributed by atoms with E-state index in [1.165, 1.54) is 17.7 Å². The van der Waals surface area contributed by atoms with E-state index in [0.29, 0.717) is 53.8 Å². The fourth-order valence-corrected chi connectivity index (χ4v) is 9.95. The Hall–Kier alpha value is -6.52. The Labute approximate surface area is 367 Å². The number of piperidine rings is 2. The number of nitrogens with zero attached hydrogens (tertiary/aromatic N) is 4. The lowest BCUT2D eigenvalue weighted by molar-refractivity contribution is -0.136. The number of aromatic amines is 1. The van der Waals surface area contributed by atoms with E-state index < -0.39 is 41.3 Å². The number of carbonyl (C=O) groups is 5. The molecule has 0 spiro atoms. The largest absolute Gasteiger partial charge is 0.381 e. The molecule has 5 aromatic rings. The number of fused-ring (bicyclic) bond motifs is 2. The average molecular weight is 871 g/mol. The molecule has 4 aromatic carbocycles. The van der Waals surface area contributed by atoms with E-state index in [1.54, 1.807) is 12.1 Å². The van der Waals surface area contributed by atoms with Crippen LogP contribution in [0.3, 0.4) is 0 Å². The highest BCUT2D eigenvalue weighted by Gasteiger charge is 2.45. The van der Waals surface area contributed by atoms with Gasteiger partial charge in [-0.2, -0.15) is 5.10 Å². The molecule has 4 saturated heterocycles. The highest BCUT2D eigenvalue weighted by molar-refractivity contribution is 6.23. The van der Waals surface area contributed by atoms with Gasteiger partial charge >= 0.3 is 0 Å². The second-order valence-electron chi connectivity index (χ2n) is 17.7. The van der Waals surface area contributed by atoms with E-state index in [1.807, 2.05) is 30.3 Å². The van der Waals surface area contributed by atoms with Crippen molar-refractivity contribution in [1.29, 1.82) is 0 Å². The van der Waals surface area contributed by atoms with Crippen molar-refractivity contribution < 1.29 is 37.5 Å². The van der Waals surface area contributed by atoms with Gasteiger partial charge in [0.2, 0.25) is 11.8 Å². The maximum Gasteiger partial charge on any atom is 0.262 e. The second-order valence-corrected chi connectivity index (χ2v) is 17.7. The first-order valence-electron chi connectivity index (χ1n) is 22.1. The molecule has 10 rings (SSSR count). The molecule has 4 N–H and O–H groups in total. The molecular weight excluding hydrogens is 823 g/mol. The SMILES string of the molecule is O=C1CCC(N2C(=O)c3ccc(N4CC(CN5CCC(c6ccc(C(=O)Nc7n[nH]c8ccc(Cc9cc(F)cc(F)c9)cc78)c(NC7CCOCC7)c6)CC5)C4)cc3C2=O)C(=O)N1. The minimum absolute atomic E-state index is 0.0782. The van der Waals surface area contributed by atoms with Crippen LogP contribution in [-0.2, 0) is 20.7 Å². The molecule has 1 unspecified atom stereocenters. The Morgan fingerprint density at radius 3 is 2.34 bits per heavy atom. The van der Waals surface area contributed by atoms with E-state index in [9.17, 15) is 32.8 Å². The van der Waals surface area contributed by atoms with E-state index in [2.05, 4.69) is 48.1 Å². The van der Waals surface area contributed by atoms with Gasteiger partial charge in [0.05, 0.1) is 22.2 Å². The average Bonchev–Trinajstić information content (AvgIpc) is 3.77. The molecular formula is C48H48F2N8O6. The molecule has 5 aliphatic rings. The summed E-state index contributed by atoms with van der Waals surface area (Å²) in [7, 11) is 0. The fraction of sp³-hybridized carbons (Fsp3) is 0.375. The maximum atomic E-state index is 14.0. The molecule has 0 aliphatic carbocycles. The lowest BCUT2D eigenvalue weighted by Gasteiger charge is -2.44. The molecule has 64 heavy (non-hydrogen) atoms. The number of benzene rings is 4. The van der Waals surface area contributed by atoms with E-state index in [4.69, 9.17) is 4.74 Å². The van der Waals surface area contributed by atoms with Crippen LogP contribution < -0.4 is 20.9 Å². The molecule has 1 atom stereocenters. The van der Waals surface area contributed by atoms with Gasteiger partial charge in [0.1, 0.15) is 17.7 Å². The predicted molar refractivity (Wildman–Crippen MR) is 234 cm³/mol. The van der Waals surface area contributed by atoms with Crippen molar-refractivity contribution >= 4 is 57.6 Å². The zero-order chi connectivity index (χ0) is 44.1. The number of anilines is 3. The molecule has 5 amide bonds. The number of carbonyl (C=O) groups excluding carboxylic acids is 5. The van der Waals surface area contributed by atoms with Gasteiger partial charge in [0.15, 0.2) is 5.82 Å². The third-order valence-electron chi connectivity index (χ3n) is 13.4. The number of aromatic nitrogens is 2. The zero-order valence-electron chi connectivity index (χ0n) is 35.1. The van der Waals surface area contributed by atoms with Crippen LogP contribution in [0.25, 0.3) is 10.9 Å². The molecule has 14 nitrogen and oxygen atoms in total. The van der Waals surface area contributed by atoms with Crippen molar-refractivity contribution in [3.63, 3.8) is 0 Å². The molecule has 16 heteroatoms. The number of H-pyrrole nitrogens is 1. The van der Waals surface area contributed by atoms with E-state index in [-0.39, 0.29) is 35.9 Å². The van der Waals surface area contributed by atoms with Gasteiger partial charge in [-0.3, -0.25) is 39.3 Å². The maximum absolute atomic E-state index is 14.0. The van der Waals surface area contributed by atoms with Gasteiger partial charge in [0, 0.05) is 74.1 Å². The normalized spacial score (nSPS) is 20.1. The minimum Gasteiger partial charge on any atom is -0.381 e. The molecule has 330 valence electrons. The quantitative estimate of drug-likeness (QED) is 0.116. The Morgan fingerprint density at radius 2 is 1.58 bits per heavy atom. The number of nitrogens with one attached hydrogen (secondary N) is 4. The van der Waals surface area contributed by atoms with Gasteiger partial charge < -0.3 is 25.2 Å². The summed E-state index contributed by atoms with van der Waals surface area (Å²) in [6.45, 7) is 5.80. The van der Waals surface area contributed by atoms with Crippen LogP contribution in [0.15, 0.2) is 72.8 Å². The van der Waals surface area contributed by atoms with Crippen molar-refractivity contribution in [3.8, 4) is 0 Å². The summed E-state index contributed by atoms with van der Waals surface area (Å²) < 4.78 is 33.4. The topological polar surface area (TPSA) is 169 Å². The minimum atomic E-state index is -0.990. The number of amides is 5. The van der Waals surface area contributed by atoms with Crippen LogP contribution in [0, 0.1) is 17.6 Å². The van der Waals surface area contributed by atoms with Crippen molar-refractivity contribution in [1.82, 2.24) is 25.3 Å². The zero-order valence-corrected chi connectivity index (χ0v) is 35.1. The predicted octanol–water partition coefficient (Wildman–Crippen LogP) is 5.99. The number of ether oxygens (including phenoxy) is 1. The number of imide groups is 2. The Morgan fingerprint density at radius 1 is 0.812 bits per heavy atom. The first-order valence-corrected chi connectivity index (χ1v) is 22.1.